The zero-order valence-corrected chi connectivity index (χ0v) is 19.2. The van der Waals surface area contributed by atoms with E-state index in [0.717, 1.165) is 11.8 Å². The Morgan fingerprint density at radius 2 is 2.00 bits per heavy atom. The number of nitrogens with one attached hydrogen (secondary N) is 1. The van der Waals surface area contributed by atoms with Crippen LogP contribution in [0.1, 0.15) is 17.3 Å². The van der Waals surface area contributed by atoms with Crippen LogP contribution < -0.4 is 10.9 Å². The molecule has 1 N–H and O–H groups in total. The highest BCUT2D eigenvalue weighted by Crippen LogP contribution is 2.22. The first-order chi connectivity index (χ1) is 15.4. The maximum Gasteiger partial charge on any atom is 0.340 e. The van der Waals surface area contributed by atoms with Crippen LogP contribution in [0.4, 0.5) is 5.69 Å². The van der Waals surface area contributed by atoms with Crippen molar-refractivity contribution < 1.29 is 19.1 Å². The highest BCUT2D eigenvalue weighted by Gasteiger charge is 2.16. The monoisotopic (exact) mass is 475 g/mol. The quantitative estimate of drug-likeness (QED) is 0.286. The molecule has 0 unspecified atom stereocenters. The fourth-order valence-corrected chi connectivity index (χ4v) is 3.95. The second-order valence-corrected chi connectivity index (χ2v) is 7.99. The molecule has 168 valence electrons. The van der Waals surface area contributed by atoms with E-state index in [0.29, 0.717) is 33.4 Å². The van der Waals surface area contributed by atoms with Gasteiger partial charge in [-0.05, 0) is 37.3 Å². The minimum atomic E-state index is -0.516. The number of hydrogen-bond acceptors (Lipinski definition) is 7. The standard InChI is InChI=1S/C22H22ClN3O5S/c1-3-31-21(29)16-6-4-5-7-17(16)24-19(27)13-32-22-25-18-12-14(23)8-9-15(18)20(28)26(22)10-11-30-2/h4-9,12H,3,10-11,13H2,1-2H3,(H,24,27). The molecule has 0 aliphatic rings. The van der Waals surface area contributed by atoms with Crippen molar-refractivity contribution in [1.82, 2.24) is 9.55 Å². The van der Waals surface area contributed by atoms with Gasteiger partial charge in [0.05, 0.1) is 47.7 Å². The normalized spacial score (nSPS) is 10.8. The highest BCUT2D eigenvalue weighted by atomic mass is 35.5. The number of aromatic nitrogens is 2. The molecule has 1 amide bonds. The molecule has 0 aliphatic carbocycles. The van der Waals surface area contributed by atoms with E-state index in [9.17, 15) is 14.4 Å². The van der Waals surface area contributed by atoms with Crippen molar-refractivity contribution in [3.05, 3.63) is 63.4 Å². The number of fused-ring (bicyclic) bond motifs is 1. The van der Waals surface area contributed by atoms with E-state index in [-0.39, 0.29) is 35.9 Å². The van der Waals surface area contributed by atoms with Crippen LogP contribution >= 0.6 is 23.4 Å². The summed E-state index contributed by atoms with van der Waals surface area (Å²) in [5.41, 5.74) is 0.834. The topological polar surface area (TPSA) is 99.5 Å². The van der Waals surface area contributed by atoms with Gasteiger partial charge in [-0.15, -0.1) is 0 Å². The summed E-state index contributed by atoms with van der Waals surface area (Å²) in [7, 11) is 1.54. The summed E-state index contributed by atoms with van der Waals surface area (Å²) in [4.78, 5) is 42.2. The van der Waals surface area contributed by atoms with E-state index in [1.807, 2.05) is 0 Å². The number of amides is 1. The van der Waals surface area contributed by atoms with Gasteiger partial charge in [-0.3, -0.25) is 14.2 Å². The number of esters is 1. The Morgan fingerprint density at radius 1 is 1.22 bits per heavy atom. The summed E-state index contributed by atoms with van der Waals surface area (Å²) in [6.07, 6.45) is 0. The van der Waals surface area contributed by atoms with Gasteiger partial charge in [-0.2, -0.15) is 0 Å². The highest BCUT2D eigenvalue weighted by molar-refractivity contribution is 7.99. The molecule has 1 heterocycles. The zero-order chi connectivity index (χ0) is 23.1. The van der Waals surface area contributed by atoms with Gasteiger partial charge in [-0.25, -0.2) is 9.78 Å². The first-order valence-electron chi connectivity index (χ1n) is 9.82. The third-order valence-electron chi connectivity index (χ3n) is 4.43. The van der Waals surface area contributed by atoms with Crippen LogP contribution in [0, 0.1) is 0 Å². The number of benzene rings is 2. The van der Waals surface area contributed by atoms with Crippen LogP contribution in [0.2, 0.25) is 5.02 Å². The summed E-state index contributed by atoms with van der Waals surface area (Å²) in [6, 6.07) is 11.5. The molecule has 2 aromatic carbocycles. The molecule has 0 saturated heterocycles. The second kappa shape index (κ2) is 11.1. The van der Waals surface area contributed by atoms with Gasteiger partial charge in [0, 0.05) is 12.1 Å². The van der Waals surface area contributed by atoms with Gasteiger partial charge in [0.15, 0.2) is 5.16 Å². The molecule has 8 nitrogen and oxygen atoms in total. The maximum atomic E-state index is 12.9. The average molecular weight is 476 g/mol. The molecular weight excluding hydrogens is 454 g/mol. The summed E-state index contributed by atoms with van der Waals surface area (Å²) in [6.45, 7) is 2.54. The first kappa shape index (κ1) is 23.8. The molecule has 0 aliphatic heterocycles. The number of nitrogens with zero attached hydrogens (tertiary/aromatic N) is 2. The number of anilines is 1. The second-order valence-electron chi connectivity index (χ2n) is 6.61. The lowest BCUT2D eigenvalue weighted by Crippen LogP contribution is -2.26. The number of hydrogen-bond donors (Lipinski definition) is 1. The lowest BCUT2D eigenvalue weighted by atomic mass is 10.2. The molecule has 0 fully saturated rings. The minimum Gasteiger partial charge on any atom is -0.462 e. The van der Waals surface area contributed by atoms with Crippen LogP contribution in [-0.2, 0) is 20.8 Å². The van der Waals surface area contributed by atoms with Crippen molar-refractivity contribution >= 4 is 51.8 Å². The van der Waals surface area contributed by atoms with Crippen LogP contribution in [0.5, 0.6) is 0 Å². The summed E-state index contributed by atoms with van der Waals surface area (Å²) in [5.74, 6) is -0.897. The maximum absolute atomic E-state index is 12.9. The number of carbonyl (C=O) groups is 2. The Hall–Kier alpha value is -2.88. The van der Waals surface area contributed by atoms with E-state index in [2.05, 4.69) is 10.3 Å². The number of thioether (sulfide) groups is 1. The van der Waals surface area contributed by atoms with Gasteiger partial charge < -0.3 is 14.8 Å². The molecule has 32 heavy (non-hydrogen) atoms. The Labute approximate surface area is 193 Å². The molecule has 3 rings (SSSR count). The Balaban J connectivity index is 1.82. The van der Waals surface area contributed by atoms with Crippen LogP contribution in [-0.4, -0.2) is 47.5 Å². The van der Waals surface area contributed by atoms with Crippen LogP contribution in [0.3, 0.4) is 0 Å². The van der Waals surface area contributed by atoms with Crippen molar-refractivity contribution in [2.24, 2.45) is 0 Å². The van der Waals surface area contributed by atoms with E-state index >= 15 is 0 Å². The number of methoxy groups -OCH3 is 1. The van der Waals surface area contributed by atoms with E-state index in [1.54, 1.807) is 56.5 Å². The van der Waals surface area contributed by atoms with Crippen molar-refractivity contribution in [3.8, 4) is 0 Å². The molecule has 0 spiro atoms. The Kier molecular flexibility index (Phi) is 8.26. The largest absolute Gasteiger partial charge is 0.462 e. The molecule has 1 aromatic heterocycles. The summed E-state index contributed by atoms with van der Waals surface area (Å²) in [5, 5.41) is 3.99. The number of carbonyl (C=O) groups excluding carboxylic acids is 2. The third-order valence-corrected chi connectivity index (χ3v) is 5.64. The van der Waals surface area contributed by atoms with Gasteiger partial charge in [0.2, 0.25) is 5.91 Å². The van der Waals surface area contributed by atoms with Crippen molar-refractivity contribution in [2.75, 3.05) is 31.4 Å². The fourth-order valence-electron chi connectivity index (χ4n) is 2.96. The lowest BCUT2D eigenvalue weighted by Gasteiger charge is -2.13. The third kappa shape index (κ3) is 5.67. The predicted octanol–water partition coefficient (Wildman–Crippen LogP) is 3.60. The molecular formula is C22H22ClN3O5S. The van der Waals surface area contributed by atoms with Gasteiger partial charge in [0.1, 0.15) is 0 Å². The van der Waals surface area contributed by atoms with Gasteiger partial charge >= 0.3 is 5.97 Å². The van der Waals surface area contributed by atoms with Gasteiger partial charge in [0.25, 0.3) is 5.56 Å². The van der Waals surface area contributed by atoms with Crippen LogP contribution in [0.25, 0.3) is 10.9 Å². The summed E-state index contributed by atoms with van der Waals surface area (Å²) < 4.78 is 11.6. The molecule has 3 aromatic rings. The van der Waals surface area contributed by atoms with E-state index in [4.69, 9.17) is 21.1 Å². The predicted molar refractivity (Wildman–Crippen MR) is 125 cm³/mol. The van der Waals surface area contributed by atoms with Crippen molar-refractivity contribution in [3.63, 3.8) is 0 Å². The zero-order valence-electron chi connectivity index (χ0n) is 17.6. The van der Waals surface area contributed by atoms with Crippen molar-refractivity contribution in [2.45, 2.75) is 18.6 Å². The Bertz CT molecular complexity index is 1200. The fraction of sp³-hybridized carbons (Fsp3) is 0.273. The minimum absolute atomic E-state index is 0.0251. The molecule has 0 atom stereocenters. The van der Waals surface area contributed by atoms with E-state index in [1.165, 1.54) is 4.57 Å². The van der Waals surface area contributed by atoms with E-state index < -0.39 is 5.97 Å². The van der Waals surface area contributed by atoms with Gasteiger partial charge in [-0.1, -0.05) is 35.5 Å². The molecule has 10 heteroatoms. The SMILES string of the molecule is CCOC(=O)c1ccccc1NC(=O)CSc1nc2cc(Cl)ccc2c(=O)n1CCOC. The number of halogens is 1. The molecule has 0 saturated carbocycles. The average Bonchev–Trinajstić information content (AvgIpc) is 2.77. The van der Waals surface area contributed by atoms with Crippen LogP contribution in [0.15, 0.2) is 52.4 Å². The lowest BCUT2D eigenvalue weighted by molar-refractivity contribution is -0.113. The summed E-state index contributed by atoms with van der Waals surface area (Å²) >= 11 is 7.16. The Morgan fingerprint density at radius 3 is 2.75 bits per heavy atom. The number of para-hydroxylation sites is 1. The number of rotatable bonds is 9. The first-order valence-corrected chi connectivity index (χ1v) is 11.2. The molecule has 0 bridgehead atoms. The van der Waals surface area contributed by atoms with Crippen molar-refractivity contribution in [1.29, 1.82) is 0 Å². The smallest absolute Gasteiger partial charge is 0.340 e. The number of ether oxygens (including phenoxy) is 2. The molecule has 0 radical (unpaired) electrons.